The lowest BCUT2D eigenvalue weighted by molar-refractivity contribution is 0.757. The highest BCUT2D eigenvalue weighted by Gasteiger charge is 2.22. The topological polar surface area (TPSA) is 55.0 Å². The Morgan fingerprint density at radius 2 is 1.75 bits per heavy atom. The van der Waals surface area contributed by atoms with E-state index in [2.05, 4.69) is 51.3 Å². The van der Waals surface area contributed by atoms with Gasteiger partial charge in [-0.2, -0.15) is 0 Å². The third kappa shape index (κ3) is 2.83. The van der Waals surface area contributed by atoms with Crippen LogP contribution in [0.5, 0.6) is 0 Å². The first-order valence-electron chi connectivity index (χ1n) is 8.02. The Kier molecular flexibility index (Phi) is 4.09. The van der Waals surface area contributed by atoms with Gasteiger partial charge in [0.15, 0.2) is 5.82 Å². The van der Waals surface area contributed by atoms with Crippen molar-refractivity contribution in [3.63, 3.8) is 0 Å². The van der Waals surface area contributed by atoms with Crippen LogP contribution < -0.4 is 10.6 Å². The second-order valence-electron chi connectivity index (χ2n) is 5.72. The van der Waals surface area contributed by atoms with E-state index in [9.17, 15) is 0 Å². The first-order valence-corrected chi connectivity index (χ1v) is 8.83. The van der Waals surface area contributed by atoms with Crippen LogP contribution in [-0.4, -0.2) is 16.5 Å². The van der Waals surface area contributed by atoms with Gasteiger partial charge in [-0.1, -0.05) is 48.2 Å². The van der Waals surface area contributed by atoms with Crippen molar-refractivity contribution in [3.8, 4) is 0 Å². The standard InChI is InChI=1S/C19H18N4S/c20-17-18(23-12-6-8-14-7-4-5-11-16(14)23)21-13-22-19(17)24-15-9-2-1-3-10-15/h1-5,7,9-11,13H,6,8,12,20H2. The summed E-state index contributed by atoms with van der Waals surface area (Å²) >= 11 is 1.57. The molecule has 1 aromatic heterocycles. The number of hydrogen-bond acceptors (Lipinski definition) is 5. The van der Waals surface area contributed by atoms with Crippen LogP contribution >= 0.6 is 11.8 Å². The minimum Gasteiger partial charge on any atom is -0.394 e. The zero-order chi connectivity index (χ0) is 16.4. The SMILES string of the molecule is Nc1c(Sc2ccccc2)ncnc1N1CCCc2ccccc21. The van der Waals surface area contributed by atoms with Gasteiger partial charge in [0.05, 0.1) is 0 Å². The lowest BCUT2D eigenvalue weighted by Gasteiger charge is -2.31. The number of hydrogen-bond donors (Lipinski definition) is 1. The fourth-order valence-corrected chi connectivity index (χ4v) is 3.84. The average molecular weight is 334 g/mol. The quantitative estimate of drug-likeness (QED) is 0.724. The molecule has 0 radical (unpaired) electrons. The van der Waals surface area contributed by atoms with Gasteiger partial charge in [-0.3, -0.25) is 0 Å². The number of rotatable bonds is 3. The van der Waals surface area contributed by atoms with Gasteiger partial charge < -0.3 is 10.6 Å². The van der Waals surface area contributed by atoms with Crippen molar-refractivity contribution >= 4 is 29.0 Å². The van der Waals surface area contributed by atoms with Crippen LogP contribution in [0.3, 0.4) is 0 Å². The third-order valence-corrected chi connectivity index (χ3v) is 5.18. The van der Waals surface area contributed by atoms with Crippen LogP contribution in [0.15, 0.2) is 70.8 Å². The number of anilines is 3. The molecule has 0 bridgehead atoms. The third-order valence-electron chi connectivity index (χ3n) is 4.15. The van der Waals surface area contributed by atoms with Gasteiger partial charge in [-0.05, 0) is 36.6 Å². The van der Waals surface area contributed by atoms with Crippen LogP contribution in [0.4, 0.5) is 17.2 Å². The van der Waals surface area contributed by atoms with E-state index in [1.807, 2.05) is 18.2 Å². The first-order chi connectivity index (χ1) is 11.8. The number of nitrogens with two attached hydrogens (primary N) is 1. The van der Waals surface area contributed by atoms with Gasteiger partial charge in [-0.15, -0.1) is 0 Å². The van der Waals surface area contributed by atoms with Crippen molar-refractivity contribution in [2.45, 2.75) is 22.8 Å². The fourth-order valence-electron chi connectivity index (χ4n) is 3.02. The maximum absolute atomic E-state index is 6.43. The van der Waals surface area contributed by atoms with Crippen LogP contribution in [0.1, 0.15) is 12.0 Å². The molecule has 0 atom stereocenters. The molecule has 1 aliphatic rings. The Morgan fingerprint density at radius 3 is 2.62 bits per heavy atom. The molecular formula is C19H18N4S. The molecule has 4 nitrogen and oxygen atoms in total. The van der Waals surface area contributed by atoms with Crippen LogP contribution in [-0.2, 0) is 6.42 Å². The number of nitrogens with zero attached hydrogens (tertiary/aromatic N) is 3. The summed E-state index contributed by atoms with van der Waals surface area (Å²) in [5.41, 5.74) is 9.62. The second-order valence-corrected chi connectivity index (χ2v) is 6.78. The lowest BCUT2D eigenvalue weighted by atomic mass is 10.0. The van der Waals surface area contributed by atoms with E-state index >= 15 is 0 Å². The highest BCUT2D eigenvalue weighted by Crippen LogP contribution is 2.39. The minimum atomic E-state index is 0.642. The van der Waals surface area contributed by atoms with E-state index in [1.54, 1.807) is 18.1 Å². The van der Waals surface area contributed by atoms with Crippen molar-refractivity contribution in [1.82, 2.24) is 9.97 Å². The Hall–Kier alpha value is -2.53. The Balaban J connectivity index is 1.71. The molecule has 2 heterocycles. The van der Waals surface area contributed by atoms with Gasteiger partial charge in [0.1, 0.15) is 17.0 Å². The van der Waals surface area contributed by atoms with Crippen molar-refractivity contribution < 1.29 is 0 Å². The molecule has 2 N–H and O–H groups in total. The van der Waals surface area contributed by atoms with Crippen molar-refractivity contribution in [1.29, 1.82) is 0 Å². The highest BCUT2D eigenvalue weighted by molar-refractivity contribution is 7.99. The van der Waals surface area contributed by atoms with Gasteiger partial charge >= 0.3 is 0 Å². The van der Waals surface area contributed by atoms with E-state index in [0.717, 1.165) is 35.1 Å². The van der Waals surface area contributed by atoms with E-state index in [0.29, 0.717) is 5.69 Å². The molecule has 0 fully saturated rings. The lowest BCUT2D eigenvalue weighted by Crippen LogP contribution is -2.26. The summed E-state index contributed by atoms with van der Waals surface area (Å²) in [5.74, 6) is 0.801. The number of nitrogen functional groups attached to an aromatic ring is 1. The maximum Gasteiger partial charge on any atom is 0.160 e. The molecule has 0 spiro atoms. The number of para-hydroxylation sites is 1. The van der Waals surface area contributed by atoms with Crippen LogP contribution in [0.25, 0.3) is 0 Å². The molecule has 0 amide bonds. The summed E-state index contributed by atoms with van der Waals surface area (Å²) in [6, 6.07) is 18.6. The van der Waals surface area contributed by atoms with Crippen LogP contribution in [0, 0.1) is 0 Å². The van der Waals surface area contributed by atoms with Gasteiger partial charge in [0.25, 0.3) is 0 Å². The molecule has 0 aliphatic carbocycles. The van der Waals surface area contributed by atoms with Crippen molar-refractivity contribution in [2.75, 3.05) is 17.2 Å². The van der Waals surface area contributed by atoms with Gasteiger partial charge in [0.2, 0.25) is 0 Å². The summed E-state index contributed by atoms with van der Waals surface area (Å²) in [6.45, 7) is 0.924. The Labute approximate surface area is 145 Å². The number of aryl methyl sites for hydroxylation is 1. The van der Waals surface area contributed by atoms with Crippen molar-refractivity contribution in [2.24, 2.45) is 0 Å². The van der Waals surface area contributed by atoms with Crippen molar-refractivity contribution in [3.05, 3.63) is 66.5 Å². The Bertz CT molecular complexity index is 851. The number of aromatic nitrogens is 2. The molecule has 0 saturated carbocycles. The first kappa shape index (κ1) is 15.0. The highest BCUT2D eigenvalue weighted by atomic mass is 32.2. The second kappa shape index (κ2) is 6.53. The fraction of sp³-hybridized carbons (Fsp3) is 0.158. The normalized spacial score (nSPS) is 13.6. The summed E-state index contributed by atoms with van der Waals surface area (Å²) in [7, 11) is 0. The number of benzene rings is 2. The summed E-state index contributed by atoms with van der Waals surface area (Å²) in [4.78, 5) is 12.2. The minimum absolute atomic E-state index is 0.642. The smallest absolute Gasteiger partial charge is 0.160 e. The predicted molar refractivity (Wildman–Crippen MR) is 98.8 cm³/mol. The van der Waals surface area contributed by atoms with E-state index in [-0.39, 0.29) is 0 Å². The summed E-state index contributed by atoms with van der Waals surface area (Å²) in [6.07, 6.45) is 3.80. The molecular weight excluding hydrogens is 316 g/mol. The molecule has 0 unspecified atom stereocenters. The van der Waals surface area contributed by atoms with Crippen LogP contribution in [0.2, 0.25) is 0 Å². The molecule has 1 aliphatic heterocycles. The zero-order valence-electron chi connectivity index (χ0n) is 13.2. The van der Waals surface area contributed by atoms with E-state index < -0.39 is 0 Å². The molecule has 4 rings (SSSR count). The Morgan fingerprint density at radius 1 is 0.958 bits per heavy atom. The van der Waals surface area contributed by atoms with Gasteiger partial charge in [-0.25, -0.2) is 9.97 Å². The van der Waals surface area contributed by atoms with Gasteiger partial charge in [0, 0.05) is 17.1 Å². The maximum atomic E-state index is 6.43. The summed E-state index contributed by atoms with van der Waals surface area (Å²) in [5, 5.41) is 0.800. The molecule has 0 saturated heterocycles. The van der Waals surface area contributed by atoms with E-state index in [4.69, 9.17) is 5.73 Å². The zero-order valence-corrected chi connectivity index (χ0v) is 14.0. The molecule has 3 aromatic rings. The largest absolute Gasteiger partial charge is 0.394 e. The molecule has 5 heteroatoms. The number of fused-ring (bicyclic) bond motifs is 1. The summed E-state index contributed by atoms with van der Waals surface area (Å²) < 4.78 is 0. The molecule has 2 aromatic carbocycles. The molecule has 24 heavy (non-hydrogen) atoms. The predicted octanol–water partition coefficient (Wildman–Crippen LogP) is 4.29. The average Bonchev–Trinajstić information content (AvgIpc) is 2.64. The molecule has 120 valence electrons. The monoisotopic (exact) mass is 334 g/mol. The van der Waals surface area contributed by atoms with E-state index in [1.165, 1.54) is 11.3 Å².